The molecule has 6 heteroatoms. The first kappa shape index (κ1) is 12.1. The Balaban J connectivity index is 2.33. The fourth-order valence-corrected chi connectivity index (χ4v) is 2.41. The molecule has 3 N–H and O–H groups in total. The van der Waals surface area contributed by atoms with Crippen LogP contribution in [0.4, 0.5) is 0 Å². The van der Waals surface area contributed by atoms with Crippen LogP contribution >= 0.6 is 0 Å². The first-order valence-electron chi connectivity index (χ1n) is 5.62. The molecule has 0 unspecified atom stereocenters. The maximum absolute atomic E-state index is 11.6. The van der Waals surface area contributed by atoms with E-state index in [0.717, 1.165) is 0 Å². The van der Waals surface area contributed by atoms with E-state index in [1.54, 1.807) is 6.92 Å². The Hall–Kier alpha value is -1.40. The Bertz CT molecular complexity index is 519. The number of aromatic nitrogens is 2. The number of H-pyrrole nitrogens is 1. The normalized spacial score (nSPS) is 27.8. The molecule has 2 rings (SSSR count). The number of nitrogens with zero attached hydrogens (tertiary/aromatic N) is 1. The van der Waals surface area contributed by atoms with Gasteiger partial charge < -0.3 is 10.2 Å². The Morgan fingerprint density at radius 1 is 1.41 bits per heavy atom. The van der Waals surface area contributed by atoms with Gasteiger partial charge >= 0.3 is 5.69 Å². The lowest BCUT2D eigenvalue weighted by Gasteiger charge is -2.43. The summed E-state index contributed by atoms with van der Waals surface area (Å²) < 4.78 is 1.45. The van der Waals surface area contributed by atoms with Crippen LogP contribution in [0.5, 0.6) is 0 Å². The zero-order valence-electron chi connectivity index (χ0n) is 9.59. The van der Waals surface area contributed by atoms with Crippen molar-refractivity contribution in [3.05, 3.63) is 32.6 Å². The highest BCUT2D eigenvalue weighted by Crippen LogP contribution is 2.42. The van der Waals surface area contributed by atoms with Crippen LogP contribution < -0.4 is 11.2 Å². The first-order chi connectivity index (χ1) is 8.08. The number of nitrogens with one attached hydrogen (secondary N) is 1. The lowest BCUT2D eigenvalue weighted by molar-refractivity contribution is -0.00881. The van der Waals surface area contributed by atoms with Crippen molar-refractivity contribution in [2.24, 2.45) is 11.8 Å². The van der Waals surface area contributed by atoms with E-state index >= 15 is 0 Å². The van der Waals surface area contributed by atoms with Gasteiger partial charge in [0.15, 0.2) is 0 Å². The zero-order valence-corrected chi connectivity index (χ0v) is 9.59. The molecule has 17 heavy (non-hydrogen) atoms. The molecule has 94 valence electrons. The maximum Gasteiger partial charge on any atom is 0.328 e. The van der Waals surface area contributed by atoms with Gasteiger partial charge in [0, 0.05) is 36.9 Å². The molecule has 0 aliphatic heterocycles. The molecule has 0 amide bonds. The van der Waals surface area contributed by atoms with Crippen LogP contribution in [0.15, 0.2) is 15.8 Å². The topological polar surface area (TPSA) is 95.3 Å². The summed E-state index contributed by atoms with van der Waals surface area (Å²) in [5.74, 6) is -0.0906. The summed E-state index contributed by atoms with van der Waals surface area (Å²) in [6.45, 7) is 1.57. The van der Waals surface area contributed by atoms with Gasteiger partial charge in [0.1, 0.15) is 0 Å². The van der Waals surface area contributed by atoms with Gasteiger partial charge in [0.2, 0.25) is 0 Å². The van der Waals surface area contributed by atoms with E-state index in [2.05, 4.69) is 4.98 Å². The average Bonchev–Trinajstić information content (AvgIpc) is 2.25. The van der Waals surface area contributed by atoms with Crippen LogP contribution in [0.25, 0.3) is 0 Å². The highest BCUT2D eigenvalue weighted by molar-refractivity contribution is 5.04. The van der Waals surface area contributed by atoms with E-state index in [1.165, 1.54) is 10.8 Å². The summed E-state index contributed by atoms with van der Waals surface area (Å²) >= 11 is 0. The van der Waals surface area contributed by atoms with Crippen molar-refractivity contribution in [2.75, 3.05) is 13.2 Å². The molecule has 1 aliphatic carbocycles. The number of hydrogen-bond donors (Lipinski definition) is 3. The third-order valence-corrected chi connectivity index (χ3v) is 3.59. The summed E-state index contributed by atoms with van der Waals surface area (Å²) in [7, 11) is 0. The predicted molar refractivity (Wildman–Crippen MR) is 60.9 cm³/mol. The minimum atomic E-state index is -0.458. The molecule has 0 aromatic carbocycles. The SMILES string of the molecule is Cc1cn([C@H]2C[C@H](CO)[C@@H]2CO)c(=O)[nH]c1=O. The molecule has 0 spiro atoms. The van der Waals surface area contributed by atoms with E-state index in [1.807, 2.05) is 0 Å². The minimum Gasteiger partial charge on any atom is -0.396 e. The summed E-state index contributed by atoms with van der Waals surface area (Å²) in [6.07, 6.45) is 2.16. The molecular formula is C11H16N2O4. The van der Waals surface area contributed by atoms with Gasteiger partial charge in [-0.3, -0.25) is 14.3 Å². The van der Waals surface area contributed by atoms with Crippen LogP contribution in [0.1, 0.15) is 18.0 Å². The lowest BCUT2D eigenvalue weighted by Crippen LogP contribution is -2.47. The number of hydrogen-bond acceptors (Lipinski definition) is 4. The molecule has 3 atom stereocenters. The Morgan fingerprint density at radius 3 is 2.71 bits per heavy atom. The third-order valence-electron chi connectivity index (χ3n) is 3.59. The van der Waals surface area contributed by atoms with Gasteiger partial charge in [-0.15, -0.1) is 0 Å². The second-order valence-corrected chi connectivity index (χ2v) is 4.57. The molecule has 0 saturated heterocycles. The van der Waals surface area contributed by atoms with E-state index in [9.17, 15) is 14.7 Å². The van der Waals surface area contributed by atoms with E-state index < -0.39 is 5.69 Å². The van der Waals surface area contributed by atoms with E-state index in [-0.39, 0.29) is 36.7 Å². The molecule has 1 fully saturated rings. The van der Waals surface area contributed by atoms with Gasteiger partial charge in [-0.2, -0.15) is 0 Å². The number of aliphatic hydroxyl groups excluding tert-OH is 2. The fourth-order valence-electron chi connectivity index (χ4n) is 2.41. The number of rotatable bonds is 3. The van der Waals surface area contributed by atoms with Crippen molar-refractivity contribution >= 4 is 0 Å². The molecular weight excluding hydrogens is 224 g/mol. The van der Waals surface area contributed by atoms with Crippen molar-refractivity contribution in [1.82, 2.24) is 9.55 Å². The second-order valence-electron chi connectivity index (χ2n) is 4.57. The molecule has 6 nitrogen and oxygen atoms in total. The Morgan fingerprint density at radius 2 is 2.12 bits per heavy atom. The van der Waals surface area contributed by atoms with Crippen molar-refractivity contribution in [1.29, 1.82) is 0 Å². The van der Waals surface area contributed by atoms with Gasteiger partial charge in [0.25, 0.3) is 5.56 Å². The van der Waals surface area contributed by atoms with Gasteiger partial charge in [-0.05, 0) is 19.3 Å². The molecule has 1 heterocycles. The monoisotopic (exact) mass is 240 g/mol. The highest BCUT2D eigenvalue weighted by atomic mass is 16.3. The van der Waals surface area contributed by atoms with Gasteiger partial charge in [-0.25, -0.2) is 4.79 Å². The quantitative estimate of drug-likeness (QED) is 0.632. The maximum atomic E-state index is 11.6. The average molecular weight is 240 g/mol. The highest BCUT2D eigenvalue weighted by Gasteiger charge is 2.41. The van der Waals surface area contributed by atoms with Crippen molar-refractivity contribution < 1.29 is 10.2 Å². The largest absolute Gasteiger partial charge is 0.396 e. The van der Waals surface area contributed by atoms with Crippen molar-refractivity contribution in [2.45, 2.75) is 19.4 Å². The van der Waals surface area contributed by atoms with Gasteiger partial charge in [0.05, 0.1) is 0 Å². The molecule has 0 radical (unpaired) electrons. The van der Waals surface area contributed by atoms with E-state index in [0.29, 0.717) is 12.0 Å². The lowest BCUT2D eigenvalue weighted by atomic mass is 9.70. The summed E-state index contributed by atoms with van der Waals surface area (Å²) in [4.78, 5) is 25.1. The smallest absolute Gasteiger partial charge is 0.328 e. The van der Waals surface area contributed by atoms with Crippen molar-refractivity contribution in [3.63, 3.8) is 0 Å². The molecule has 1 saturated carbocycles. The molecule has 1 aromatic rings. The first-order valence-corrected chi connectivity index (χ1v) is 5.62. The summed E-state index contributed by atoms with van der Waals surface area (Å²) in [5, 5.41) is 18.3. The van der Waals surface area contributed by atoms with Gasteiger partial charge in [-0.1, -0.05) is 0 Å². The van der Waals surface area contributed by atoms with Crippen LogP contribution in [-0.4, -0.2) is 33.0 Å². The number of aliphatic hydroxyl groups is 2. The standard InChI is InChI=1S/C11H16N2O4/c1-6-3-13(11(17)12-10(6)16)9-2-7(4-14)8(9)5-15/h3,7-9,14-15H,2,4-5H2,1H3,(H,12,16,17)/t7-,8+,9+/m1/s1. The zero-order chi connectivity index (χ0) is 12.6. The van der Waals surface area contributed by atoms with Crippen LogP contribution in [0.3, 0.4) is 0 Å². The van der Waals surface area contributed by atoms with Crippen LogP contribution in [0.2, 0.25) is 0 Å². The summed E-state index contributed by atoms with van der Waals surface area (Å²) in [5.41, 5.74) is -0.376. The minimum absolute atomic E-state index is 0.0127. The Labute approximate surface area is 97.5 Å². The Kier molecular flexibility index (Phi) is 3.17. The number of aromatic amines is 1. The van der Waals surface area contributed by atoms with Crippen LogP contribution in [-0.2, 0) is 0 Å². The van der Waals surface area contributed by atoms with Crippen LogP contribution in [0, 0.1) is 18.8 Å². The fraction of sp³-hybridized carbons (Fsp3) is 0.636. The molecule has 0 bridgehead atoms. The van der Waals surface area contributed by atoms with E-state index in [4.69, 9.17) is 5.11 Å². The number of aryl methyl sites for hydroxylation is 1. The molecule has 1 aromatic heterocycles. The van der Waals surface area contributed by atoms with Crippen molar-refractivity contribution in [3.8, 4) is 0 Å². The summed E-state index contributed by atoms with van der Waals surface area (Å²) in [6, 6.07) is -0.139. The third kappa shape index (κ3) is 1.94. The molecule has 1 aliphatic rings. The second kappa shape index (κ2) is 4.46. The predicted octanol–water partition coefficient (Wildman–Crippen LogP) is -0.993.